The lowest BCUT2D eigenvalue weighted by molar-refractivity contribution is 0.801. The van der Waals surface area contributed by atoms with Crippen molar-refractivity contribution in [2.75, 3.05) is 5.43 Å². The molecule has 2 heterocycles. The fraction of sp³-hybridized carbons (Fsp3) is 0. The molecule has 0 bridgehead atoms. The summed E-state index contributed by atoms with van der Waals surface area (Å²) in [6, 6.07) is 14.7. The summed E-state index contributed by atoms with van der Waals surface area (Å²) in [5, 5.41) is 8.22. The van der Waals surface area contributed by atoms with Crippen molar-refractivity contribution in [3.63, 3.8) is 0 Å². The van der Waals surface area contributed by atoms with Gasteiger partial charge in [-0.2, -0.15) is 14.9 Å². The molecule has 1 aromatic carbocycles. The van der Waals surface area contributed by atoms with Crippen molar-refractivity contribution in [2.45, 2.75) is 0 Å². The number of anilines is 1. The van der Waals surface area contributed by atoms with Crippen molar-refractivity contribution in [3.05, 3.63) is 81.4 Å². The second-order valence-electron chi connectivity index (χ2n) is 4.55. The van der Waals surface area contributed by atoms with Gasteiger partial charge in [0.15, 0.2) is 0 Å². The molecule has 0 amide bonds. The van der Waals surface area contributed by atoms with Crippen LogP contribution in [-0.2, 0) is 0 Å². The molecule has 0 aliphatic rings. The molecule has 6 nitrogen and oxygen atoms in total. The van der Waals surface area contributed by atoms with E-state index in [0.29, 0.717) is 21.5 Å². The molecule has 0 radical (unpaired) electrons. The monoisotopic (exact) mass is 369 g/mol. The van der Waals surface area contributed by atoms with Crippen LogP contribution in [0.2, 0.25) is 0 Å². The van der Waals surface area contributed by atoms with Crippen molar-refractivity contribution in [1.29, 1.82) is 0 Å². The Morgan fingerprint density at radius 1 is 1.13 bits per heavy atom. The van der Waals surface area contributed by atoms with E-state index in [1.54, 1.807) is 12.4 Å². The summed E-state index contributed by atoms with van der Waals surface area (Å²) in [6.07, 6.45) is 4.78. The first-order valence-electron chi connectivity index (χ1n) is 6.79. The van der Waals surface area contributed by atoms with Crippen LogP contribution in [-0.4, -0.2) is 21.0 Å². The van der Waals surface area contributed by atoms with Crippen molar-refractivity contribution in [3.8, 4) is 5.69 Å². The van der Waals surface area contributed by atoms with Gasteiger partial charge < -0.3 is 0 Å². The lowest BCUT2D eigenvalue weighted by Crippen LogP contribution is -2.22. The third kappa shape index (κ3) is 3.51. The van der Waals surface area contributed by atoms with Crippen LogP contribution >= 0.6 is 15.9 Å². The van der Waals surface area contributed by atoms with Gasteiger partial charge in [-0.3, -0.25) is 15.2 Å². The van der Waals surface area contributed by atoms with Gasteiger partial charge in [0, 0.05) is 6.20 Å². The predicted molar refractivity (Wildman–Crippen MR) is 93.0 cm³/mol. The number of hydrazone groups is 1. The SMILES string of the molecule is O=c1c(Br)c(NN=Cc2ccccn2)cnn1-c1ccccc1. The van der Waals surface area contributed by atoms with Crippen LogP contribution in [0.4, 0.5) is 5.69 Å². The quantitative estimate of drug-likeness (QED) is 0.566. The minimum Gasteiger partial charge on any atom is -0.275 e. The molecule has 0 aliphatic heterocycles. The molecule has 2 aromatic heterocycles. The molecular weight excluding hydrogens is 358 g/mol. The van der Waals surface area contributed by atoms with E-state index in [1.807, 2.05) is 48.5 Å². The van der Waals surface area contributed by atoms with Crippen LogP contribution in [0.5, 0.6) is 0 Å². The van der Waals surface area contributed by atoms with E-state index >= 15 is 0 Å². The van der Waals surface area contributed by atoms with Gasteiger partial charge in [0.05, 0.1) is 29.5 Å². The van der Waals surface area contributed by atoms with Crippen LogP contribution in [0.25, 0.3) is 5.69 Å². The fourth-order valence-electron chi connectivity index (χ4n) is 1.88. The van der Waals surface area contributed by atoms with Crippen molar-refractivity contribution in [2.24, 2.45) is 5.10 Å². The molecule has 0 aliphatic carbocycles. The Hall–Kier alpha value is -2.80. The van der Waals surface area contributed by atoms with Gasteiger partial charge in [0.25, 0.3) is 5.56 Å². The van der Waals surface area contributed by atoms with Crippen molar-refractivity contribution in [1.82, 2.24) is 14.8 Å². The number of benzene rings is 1. The molecule has 3 rings (SSSR count). The Bertz CT molecular complexity index is 878. The Balaban J connectivity index is 1.84. The Kier molecular flexibility index (Phi) is 4.58. The van der Waals surface area contributed by atoms with Gasteiger partial charge >= 0.3 is 0 Å². The van der Waals surface area contributed by atoms with Crippen LogP contribution in [0, 0.1) is 0 Å². The van der Waals surface area contributed by atoms with Crippen molar-refractivity contribution >= 4 is 27.8 Å². The second kappa shape index (κ2) is 6.97. The van der Waals surface area contributed by atoms with E-state index in [2.05, 4.69) is 36.5 Å². The standard InChI is InChI=1S/C16H12BrN5O/c17-15-14(21-19-10-12-6-4-5-9-18-12)11-20-22(16(15)23)13-7-2-1-3-8-13/h1-11,21H. The van der Waals surface area contributed by atoms with Gasteiger partial charge in [-0.15, -0.1) is 0 Å². The summed E-state index contributed by atoms with van der Waals surface area (Å²) >= 11 is 3.29. The van der Waals surface area contributed by atoms with Gasteiger partial charge in [-0.1, -0.05) is 24.3 Å². The van der Waals surface area contributed by atoms with E-state index in [9.17, 15) is 4.79 Å². The highest BCUT2D eigenvalue weighted by atomic mass is 79.9. The Morgan fingerprint density at radius 3 is 2.65 bits per heavy atom. The molecule has 0 spiro atoms. The number of halogens is 1. The van der Waals surface area contributed by atoms with E-state index < -0.39 is 0 Å². The molecule has 7 heteroatoms. The second-order valence-corrected chi connectivity index (χ2v) is 5.34. The molecular formula is C16H12BrN5O. The summed E-state index contributed by atoms with van der Waals surface area (Å²) in [4.78, 5) is 16.5. The number of hydrogen-bond acceptors (Lipinski definition) is 5. The lowest BCUT2D eigenvalue weighted by Gasteiger charge is -2.07. The fourth-order valence-corrected chi connectivity index (χ4v) is 2.24. The summed E-state index contributed by atoms with van der Waals surface area (Å²) in [6.45, 7) is 0. The maximum Gasteiger partial charge on any atom is 0.287 e. The van der Waals surface area contributed by atoms with Gasteiger partial charge in [0.1, 0.15) is 4.47 Å². The van der Waals surface area contributed by atoms with E-state index in [4.69, 9.17) is 0 Å². The first-order chi connectivity index (χ1) is 11.3. The molecule has 0 fully saturated rings. The lowest BCUT2D eigenvalue weighted by atomic mass is 10.3. The summed E-state index contributed by atoms with van der Waals surface area (Å²) in [7, 11) is 0. The molecule has 1 N–H and O–H groups in total. The highest BCUT2D eigenvalue weighted by Gasteiger charge is 2.09. The highest BCUT2D eigenvalue weighted by molar-refractivity contribution is 9.10. The molecule has 0 saturated carbocycles. The first-order valence-corrected chi connectivity index (χ1v) is 7.58. The predicted octanol–water partition coefficient (Wildman–Crippen LogP) is 2.84. The average molecular weight is 370 g/mol. The summed E-state index contributed by atoms with van der Waals surface area (Å²) in [5.41, 5.74) is 4.41. The van der Waals surface area contributed by atoms with Crippen LogP contribution in [0.15, 0.2) is 75.3 Å². The first kappa shape index (κ1) is 15.1. The number of para-hydroxylation sites is 1. The van der Waals surface area contributed by atoms with E-state index in [-0.39, 0.29) is 5.56 Å². The van der Waals surface area contributed by atoms with Crippen LogP contribution in [0.3, 0.4) is 0 Å². The zero-order chi connectivity index (χ0) is 16.1. The number of aromatic nitrogens is 3. The van der Waals surface area contributed by atoms with E-state index in [0.717, 1.165) is 0 Å². The van der Waals surface area contributed by atoms with Crippen LogP contribution < -0.4 is 11.0 Å². The van der Waals surface area contributed by atoms with E-state index in [1.165, 1.54) is 10.9 Å². The molecule has 0 atom stereocenters. The Labute approximate surface area is 140 Å². The highest BCUT2D eigenvalue weighted by Crippen LogP contribution is 2.17. The number of nitrogens with zero attached hydrogens (tertiary/aromatic N) is 4. The summed E-state index contributed by atoms with van der Waals surface area (Å²) in [5.74, 6) is 0. The number of pyridine rings is 1. The van der Waals surface area contributed by atoms with Crippen molar-refractivity contribution < 1.29 is 0 Å². The number of nitrogens with one attached hydrogen (secondary N) is 1. The number of hydrogen-bond donors (Lipinski definition) is 1. The van der Waals surface area contributed by atoms with Gasteiger partial charge in [-0.05, 0) is 40.2 Å². The zero-order valence-electron chi connectivity index (χ0n) is 11.9. The normalized spacial score (nSPS) is 10.8. The number of rotatable bonds is 4. The third-order valence-corrected chi connectivity index (χ3v) is 3.76. The molecule has 23 heavy (non-hydrogen) atoms. The topological polar surface area (TPSA) is 72.2 Å². The largest absolute Gasteiger partial charge is 0.287 e. The molecule has 0 unspecified atom stereocenters. The minimum atomic E-state index is -0.269. The van der Waals surface area contributed by atoms with Gasteiger partial charge in [0.2, 0.25) is 0 Å². The van der Waals surface area contributed by atoms with Gasteiger partial charge in [-0.25, -0.2) is 0 Å². The Morgan fingerprint density at radius 2 is 1.91 bits per heavy atom. The molecule has 3 aromatic rings. The molecule has 114 valence electrons. The maximum atomic E-state index is 12.4. The maximum absolute atomic E-state index is 12.4. The smallest absolute Gasteiger partial charge is 0.275 e. The van der Waals surface area contributed by atoms with Crippen LogP contribution in [0.1, 0.15) is 5.69 Å². The summed E-state index contributed by atoms with van der Waals surface area (Å²) < 4.78 is 1.67. The minimum absolute atomic E-state index is 0.269. The average Bonchev–Trinajstić information content (AvgIpc) is 2.60. The zero-order valence-corrected chi connectivity index (χ0v) is 13.5. The molecule has 0 saturated heterocycles. The third-order valence-electron chi connectivity index (χ3n) is 2.99.